The van der Waals surface area contributed by atoms with Gasteiger partial charge in [-0.15, -0.1) is 0 Å². The number of hydrogen-bond acceptors (Lipinski definition) is 5. The number of Topliss-reactive ketones (excluding diaryl/α,β-unsaturated/α-hetero) is 1. The molecule has 1 heterocycles. The highest BCUT2D eigenvalue weighted by molar-refractivity contribution is 6.12. The number of carbonyl (C=O) groups excluding carboxylic acids is 2. The Labute approximate surface area is 259 Å². The van der Waals surface area contributed by atoms with Gasteiger partial charge in [0.05, 0.1) is 31.6 Å². The van der Waals surface area contributed by atoms with Gasteiger partial charge in [0, 0.05) is 23.3 Å². The summed E-state index contributed by atoms with van der Waals surface area (Å²) >= 11 is 0. The lowest BCUT2D eigenvalue weighted by Crippen LogP contribution is -2.38. The Hall–Kier alpha value is -4.84. The zero-order chi connectivity index (χ0) is 31.0. The zero-order valence-corrected chi connectivity index (χ0v) is 25.9. The van der Waals surface area contributed by atoms with Gasteiger partial charge in [-0.3, -0.25) is 14.5 Å². The van der Waals surface area contributed by atoms with Crippen LogP contribution in [0.15, 0.2) is 108 Å². The lowest BCUT2D eigenvalue weighted by Gasteiger charge is -2.35. The summed E-state index contributed by atoms with van der Waals surface area (Å²) in [5.74, 6) is 0.942. The second kappa shape index (κ2) is 11.7. The lowest BCUT2D eigenvalue weighted by molar-refractivity contribution is -0.116. The molecule has 0 unspecified atom stereocenters. The fourth-order valence-electron chi connectivity index (χ4n) is 6.36. The van der Waals surface area contributed by atoms with Crippen molar-refractivity contribution >= 4 is 23.1 Å². The molecule has 2 atom stereocenters. The highest BCUT2D eigenvalue weighted by Crippen LogP contribution is 2.49. The quantitative estimate of drug-likeness (QED) is 0.255. The summed E-state index contributed by atoms with van der Waals surface area (Å²) in [5, 5.41) is 3.62. The summed E-state index contributed by atoms with van der Waals surface area (Å²) < 4.78 is 11.2. The van der Waals surface area contributed by atoms with Crippen LogP contribution >= 0.6 is 0 Å². The molecule has 0 bridgehead atoms. The van der Waals surface area contributed by atoms with E-state index >= 15 is 0 Å². The molecule has 4 aromatic carbocycles. The van der Waals surface area contributed by atoms with E-state index in [9.17, 15) is 9.59 Å². The number of anilines is 2. The van der Waals surface area contributed by atoms with Gasteiger partial charge in [0.25, 0.3) is 5.91 Å². The first kappa shape index (κ1) is 29.2. The Morgan fingerprint density at radius 3 is 2.14 bits per heavy atom. The minimum Gasteiger partial charge on any atom is -0.493 e. The number of para-hydroxylation sites is 2. The molecule has 6 heteroatoms. The molecule has 1 aliphatic carbocycles. The number of methoxy groups -OCH3 is 2. The van der Waals surface area contributed by atoms with Crippen LogP contribution in [0, 0.1) is 0 Å². The zero-order valence-electron chi connectivity index (χ0n) is 25.9. The van der Waals surface area contributed by atoms with E-state index in [4.69, 9.17) is 9.47 Å². The Bertz CT molecular complexity index is 1740. The average Bonchev–Trinajstić information content (AvgIpc) is 3.19. The molecule has 6 rings (SSSR count). The largest absolute Gasteiger partial charge is 0.493 e. The first-order valence-electron chi connectivity index (χ1n) is 15.0. The van der Waals surface area contributed by atoms with Crippen LogP contribution in [0.4, 0.5) is 11.4 Å². The molecule has 2 aliphatic rings. The normalized spacial score (nSPS) is 18.1. The van der Waals surface area contributed by atoms with Gasteiger partial charge in [-0.2, -0.15) is 0 Å². The number of ether oxygens (including phenoxy) is 2. The molecular weight excluding hydrogens is 548 g/mol. The fraction of sp³-hybridized carbons (Fsp3) is 0.263. The molecule has 0 saturated carbocycles. The second-order valence-electron chi connectivity index (χ2n) is 12.5. The average molecular weight is 587 g/mol. The Morgan fingerprint density at radius 2 is 1.45 bits per heavy atom. The smallest absolute Gasteiger partial charge is 0.259 e. The van der Waals surface area contributed by atoms with E-state index in [1.807, 2.05) is 72.8 Å². The van der Waals surface area contributed by atoms with Crippen molar-refractivity contribution in [2.75, 3.05) is 24.4 Å². The van der Waals surface area contributed by atoms with E-state index in [1.54, 1.807) is 19.1 Å². The van der Waals surface area contributed by atoms with Crippen molar-refractivity contribution in [2.24, 2.45) is 0 Å². The summed E-state index contributed by atoms with van der Waals surface area (Å²) in [6.07, 6.45) is 0.990. The van der Waals surface area contributed by atoms with Crippen LogP contribution in [0.5, 0.6) is 11.5 Å². The lowest BCUT2D eigenvalue weighted by atomic mass is 9.77. The molecule has 1 aliphatic heterocycles. The van der Waals surface area contributed by atoms with Crippen molar-refractivity contribution < 1.29 is 19.1 Å². The standard InChI is InChI=1S/C38H38N2O4/c1-38(2,3)28-18-15-24(16-19-28)27-21-30-35(32(41)22-27)36(26-17-20-33(43-4)34(23-26)44-5)40(31-14-10-9-13-29(31)39-30)37(42)25-11-7-6-8-12-25/h6-20,23,27,36,39H,21-22H2,1-5H3/t27-,36-/m1/s1. The SMILES string of the molecule is COc1ccc([C@@H]2C3=C(C[C@@H](c4ccc(C(C)(C)C)cc4)CC3=O)Nc3ccccc3N2C(=O)c2ccccc2)cc1OC. The third kappa shape index (κ3) is 5.37. The number of hydrogen-bond donors (Lipinski definition) is 1. The maximum absolute atomic E-state index is 14.5. The maximum Gasteiger partial charge on any atom is 0.259 e. The van der Waals surface area contributed by atoms with Crippen LogP contribution in [0.2, 0.25) is 0 Å². The van der Waals surface area contributed by atoms with Crippen LogP contribution in [-0.4, -0.2) is 25.9 Å². The summed E-state index contributed by atoms with van der Waals surface area (Å²) in [4.78, 5) is 30.6. The van der Waals surface area contributed by atoms with Gasteiger partial charge >= 0.3 is 0 Å². The Morgan fingerprint density at radius 1 is 0.795 bits per heavy atom. The third-order valence-electron chi connectivity index (χ3n) is 8.70. The number of amides is 1. The van der Waals surface area contributed by atoms with Gasteiger partial charge in [0.1, 0.15) is 0 Å². The first-order chi connectivity index (χ1) is 21.2. The van der Waals surface area contributed by atoms with Gasteiger partial charge in [-0.25, -0.2) is 0 Å². The Balaban J connectivity index is 1.53. The van der Waals surface area contributed by atoms with Crippen LogP contribution in [0.1, 0.15) is 72.6 Å². The van der Waals surface area contributed by atoms with Crippen molar-refractivity contribution in [1.82, 2.24) is 0 Å². The van der Waals surface area contributed by atoms with Gasteiger partial charge < -0.3 is 14.8 Å². The Kier molecular flexibility index (Phi) is 7.76. The fourth-order valence-corrected chi connectivity index (χ4v) is 6.36. The minimum absolute atomic E-state index is 0.0114. The highest BCUT2D eigenvalue weighted by atomic mass is 16.5. The summed E-state index contributed by atoms with van der Waals surface area (Å²) in [7, 11) is 3.18. The number of carbonyl (C=O) groups is 2. The van der Waals surface area contributed by atoms with Crippen molar-refractivity contribution in [3.8, 4) is 11.5 Å². The number of allylic oxidation sites excluding steroid dienone is 1. The van der Waals surface area contributed by atoms with E-state index in [2.05, 4.69) is 50.4 Å². The predicted molar refractivity (Wildman–Crippen MR) is 175 cm³/mol. The van der Waals surface area contributed by atoms with E-state index in [0.717, 1.165) is 22.5 Å². The topological polar surface area (TPSA) is 67.9 Å². The number of benzene rings is 4. The van der Waals surface area contributed by atoms with Gasteiger partial charge in [0.15, 0.2) is 17.3 Å². The molecule has 0 radical (unpaired) electrons. The second-order valence-corrected chi connectivity index (χ2v) is 12.5. The van der Waals surface area contributed by atoms with Crippen molar-refractivity contribution in [2.45, 2.75) is 51.0 Å². The molecule has 1 N–H and O–H groups in total. The molecule has 6 nitrogen and oxygen atoms in total. The molecule has 0 saturated heterocycles. The molecular formula is C38H38N2O4. The number of nitrogens with zero attached hydrogens (tertiary/aromatic N) is 1. The molecule has 0 fully saturated rings. The third-order valence-corrected chi connectivity index (χ3v) is 8.70. The van der Waals surface area contributed by atoms with Gasteiger partial charge in [0.2, 0.25) is 0 Å². The van der Waals surface area contributed by atoms with Crippen molar-refractivity contribution in [3.63, 3.8) is 0 Å². The van der Waals surface area contributed by atoms with Crippen LogP contribution in [0.25, 0.3) is 0 Å². The molecule has 0 spiro atoms. The van der Waals surface area contributed by atoms with Crippen molar-refractivity contribution in [1.29, 1.82) is 0 Å². The van der Waals surface area contributed by atoms with Crippen LogP contribution in [0.3, 0.4) is 0 Å². The molecule has 44 heavy (non-hydrogen) atoms. The number of nitrogens with one attached hydrogen (secondary N) is 1. The molecule has 0 aromatic heterocycles. The van der Waals surface area contributed by atoms with E-state index in [0.29, 0.717) is 41.2 Å². The molecule has 4 aromatic rings. The highest BCUT2D eigenvalue weighted by Gasteiger charge is 2.42. The first-order valence-corrected chi connectivity index (χ1v) is 15.0. The van der Waals surface area contributed by atoms with Crippen LogP contribution in [-0.2, 0) is 10.2 Å². The maximum atomic E-state index is 14.5. The van der Waals surface area contributed by atoms with Crippen molar-refractivity contribution in [3.05, 3.63) is 131 Å². The summed E-state index contributed by atoms with van der Waals surface area (Å²) in [6, 6.07) is 30.6. The molecule has 1 amide bonds. The minimum atomic E-state index is -0.689. The number of fused-ring (bicyclic) bond motifs is 1. The van der Waals surface area contributed by atoms with E-state index in [-0.39, 0.29) is 23.0 Å². The van der Waals surface area contributed by atoms with Crippen LogP contribution < -0.4 is 19.7 Å². The van der Waals surface area contributed by atoms with E-state index < -0.39 is 6.04 Å². The summed E-state index contributed by atoms with van der Waals surface area (Å²) in [5.41, 5.74) is 6.66. The van der Waals surface area contributed by atoms with Gasteiger partial charge in [-0.05, 0) is 70.8 Å². The summed E-state index contributed by atoms with van der Waals surface area (Å²) in [6.45, 7) is 6.60. The number of rotatable bonds is 5. The van der Waals surface area contributed by atoms with E-state index in [1.165, 1.54) is 5.56 Å². The number of ketones is 1. The van der Waals surface area contributed by atoms with Gasteiger partial charge in [-0.1, -0.05) is 81.4 Å². The molecule has 224 valence electrons. The monoisotopic (exact) mass is 586 g/mol. The predicted octanol–water partition coefficient (Wildman–Crippen LogP) is 8.22.